The summed E-state index contributed by atoms with van der Waals surface area (Å²) in [5.74, 6) is -0.829. The van der Waals surface area contributed by atoms with Gasteiger partial charge >= 0.3 is 5.97 Å². The molecule has 0 aromatic heterocycles. The zero-order valence-corrected chi connectivity index (χ0v) is 8.15. The maximum Gasteiger partial charge on any atom is 0.314 e. The van der Waals surface area contributed by atoms with Crippen LogP contribution in [-0.2, 0) is 4.79 Å². The van der Waals surface area contributed by atoms with Crippen molar-refractivity contribution in [3.8, 4) is 0 Å². The molecule has 0 aromatic carbocycles. The van der Waals surface area contributed by atoms with Gasteiger partial charge in [-0.05, 0) is 0 Å². The van der Waals surface area contributed by atoms with E-state index in [1.165, 1.54) is 0 Å². The van der Waals surface area contributed by atoms with E-state index in [-0.39, 0.29) is 56.7 Å². The Bertz CT molecular complexity index is 46.8. The summed E-state index contributed by atoms with van der Waals surface area (Å²) in [5.41, 5.74) is 0. The third kappa shape index (κ3) is 9.14. The monoisotopic (exact) mass is 177 g/mol. The van der Waals surface area contributed by atoms with Gasteiger partial charge in [-0.15, -0.1) is 0 Å². The van der Waals surface area contributed by atoms with E-state index in [2.05, 4.69) is 15.9 Å². The Hall–Kier alpha value is 1.59. The second-order valence-electron chi connectivity index (χ2n) is 0.527. The minimum atomic E-state index is -0.829. The zero-order chi connectivity index (χ0) is 4.28. The Balaban J connectivity index is 0. The molecular weight excluding hydrogens is 175 g/mol. The first kappa shape index (κ1) is 10.5. The van der Waals surface area contributed by atoms with Crippen LogP contribution in [0.15, 0.2) is 0 Å². The number of hydrogen-bond acceptors (Lipinski definition) is 1. The molecule has 0 aromatic rings. The maximum atomic E-state index is 9.32. The summed E-state index contributed by atoms with van der Waals surface area (Å²) >= 11 is 2.71. The standard InChI is InChI=1S/C2H3BrO2.K/c3-1-2(4)5;/h1H2,(H,4,5);. The minimum absolute atomic E-state index is 0. The van der Waals surface area contributed by atoms with Crippen molar-refractivity contribution >= 4 is 73.3 Å². The van der Waals surface area contributed by atoms with Gasteiger partial charge in [0.1, 0.15) is 5.33 Å². The van der Waals surface area contributed by atoms with Crippen LogP contribution in [0.2, 0.25) is 0 Å². The Morgan fingerprint density at radius 1 is 1.83 bits per heavy atom. The van der Waals surface area contributed by atoms with Gasteiger partial charge in [0.15, 0.2) is 0 Å². The average Bonchev–Trinajstić information content (AvgIpc) is 1.38. The number of hydrogen-bond donors (Lipinski definition) is 1. The second-order valence-corrected chi connectivity index (χ2v) is 1.09. The molecule has 31 valence electrons. The number of rotatable bonds is 1. The van der Waals surface area contributed by atoms with Crippen molar-refractivity contribution < 1.29 is 9.90 Å². The normalized spacial score (nSPS) is 6.17. The molecule has 0 amide bonds. The van der Waals surface area contributed by atoms with Crippen molar-refractivity contribution in [1.82, 2.24) is 0 Å². The van der Waals surface area contributed by atoms with Gasteiger partial charge in [0, 0.05) is 51.4 Å². The Labute approximate surface area is 86.9 Å². The van der Waals surface area contributed by atoms with Crippen LogP contribution in [0.5, 0.6) is 0 Å². The molecule has 2 nitrogen and oxygen atoms in total. The second kappa shape index (κ2) is 6.59. The summed E-state index contributed by atoms with van der Waals surface area (Å²) in [5, 5.41) is 7.71. The summed E-state index contributed by atoms with van der Waals surface area (Å²) in [7, 11) is 0. The molecule has 0 saturated carbocycles. The Morgan fingerprint density at radius 3 is 2.00 bits per heavy atom. The van der Waals surface area contributed by atoms with Crippen molar-refractivity contribution in [2.75, 3.05) is 5.33 Å². The van der Waals surface area contributed by atoms with E-state index in [9.17, 15) is 4.79 Å². The molecule has 6 heavy (non-hydrogen) atoms. The van der Waals surface area contributed by atoms with Crippen LogP contribution in [0.3, 0.4) is 0 Å². The van der Waals surface area contributed by atoms with Gasteiger partial charge in [0.05, 0.1) is 0 Å². The van der Waals surface area contributed by atoms with Crippen molar-refractivity contribution in [3.05, 3.63) is 0 Å². The summed E-state index contributed by atoms with van der Waals surface area (Å²) in [6.07, 6.45) is 0. The van der Waals surface area contributed by atoms with E-state index in [0.29, 0.717) is 0 Å². The molecule has 0 aliphatic heterocycles. The van der Waals surface area contributed by atoms with Gasteiger partial charge < -0.3 is 5.11 Å². The molecule has 0 unspecified atom stereocenters. The number of carbonyl (C=O) groups is 1. The van der Waals surface area contributed by atoms with E-state index < -0.39 is 5.97 Å². The van der Waals surface area contributed by atoms with E-state index in [4.69, 9.17) is 5.11 Å². The van der Waals surface area contributed by atoms with Crippen molar-refractivity contribution in [1.29, 1.82) is 0 Å². The molecule has 0 atom stereocenters. The van der Waals surface area contributed by atoms with Gasteiger partial charge in [-0.25, -0.2) is 0 Å². The van der Waals surface area contributed by atoms with E-state index >= 15 is 0 Å². The molecule has 1 N–H and O–H groups in total. The van der Waals surface area contributed by atoms with Crippen LogP contribution in [0, 0.1) is 0 Å². The number of halogens is 1. The van der Waals surface area contributed by atoms with Crippen LogP contribution in [-0.4, -0.2) is 67.8 Å². The SMILES string of the molecule is O=C(O)CBr.[K]. The fourth-order valence-corrected chi connectivity index (χ4v) is 0. The summed E-state index contributed by atoms with van der Waals surface area (Å²) in [6, 6.07) is 0. The molecule has 0 rings (SSSR count). The summed E-state index contributed by atoms with van der Waals surface area (Å²) in [4.78, 5) is 9.32. The first-order valence-corrected chi connectivity index (χ1v) is 2.17. The number of carboxylic acids is 1. The Morgan fingerprint density at radius 2 is 2.00 bits per heavy atom. The first-order valence-electron chi connectivity index (χ1n) is 1.05. The third-order valence-corrected chi connectivity index (χ3v) is 0.594. The van der Waals surface area contributed by atoms with Gasteiger partial charge in [0.25, 0.3) is 0 Å². The molecule has 0 spiro atoms. The van der Waals surface area contributed by atoms with E-state index in [1.54, 1.807) is 0 Å². The molecule has 0 aliphatic carbocycles. The molecule has 0 aliphatic rings. The minimum Gasteiger partial charge on any atom is -0.481 e. The van der Waals surface area contributed by atoms with Crippen LogP contribution >= 0.6 is 15.9 Å². The molecule has 0 bridgehead atoms. The van der Waals surface area contributed by atoms with Crippen molar-refractivity contribution in [2.45, 2.75) is 0 Å². The van der Waals surface area contributed by atoms with Crippen LogP contribution < -0.4 is 0 Å². The average molecular weight is 178 g/mol. The molecular formula is C2H3BrKO2. The van der Waals surface area contributed by atoms with Gasteiger partial charge in [0.2, 0.25) is 0 Å². The zero-order valence-electron chi connectivity index (χ0n) is 3.44. The van der Waals surface area contributed by atoms with Crippen molar-refractivity contribution in [3.63, 3.8) is 0 Å². The third-order valence-electron chi connectivity index (χ3n) is 0.114. The van der Waals surface area contributed by atoms with Crippen LogP contribution in [0.4, 0.5) is 0 Å². The van der Waals surface area contributed by atoms with E-state index in [0.717, 1.165) is 0 Å². The number of aliphatic carboxylic acids is 1. The van der Waals surface area contributed by atoms with Crippen LogP contribution in [0.1, 0.15) is 0 Å². The fourth-order valence-electron chi connectivity index (χ4n) is 0. The van der Waals surface area contributed by atoms with Crippen molar-refractivity contribution in [2.24, 2.45) is 0 Å². The first-order chi connectivity index (χ1) is 2.27. The Kier molecular flexibility index (Phi) is 11.6. The summed E-state index contributed by atoms with van der Waals surface area (Å²) < 4.78 is 0. The largest absolute Gasteiger partial charge is 0.481 e. The van der Waals surface area contributed by atoms with Gasteiger partial charge in [-0.2, -0.15) is 0 Å². The van der Waals surface area contributed by atoms with E-state index in [1.807, 2.05) is 0 Å². The van der Waals surface area contributed by atoms with Gasteiger partial charge in [-0.3, -0.25) is 4.79 Å². The fraction of sp³-hybridized carbons (Fsp3) is 0.500. The number of alkyl halides is 1. The number of carboxylic acid groups (broad SMARTS) is 1. The molecule has 1 radical (unpaired) electrons. The predicted molar refractivity (Wildman–Crippen MR) is 27.2 cm³/mol. The van der Waals surface area contributed by atoms with Crippen LogP contribution in [0.25, 0.3) is 0 Å². The molecule has 4 heteroatoms. The predicted octanol–water partition coefficient (Wildman–Crippen LogP) is 0.0851. The molecule has 0 fully saturated rings. The van der Waals surface area contributed by atoms with Gasteiger partial charge in [-0.1, -0.05) is 15.9 Å². The topological polar surface area (TPSA) is 37.3 Å². The molecule has 0 heterocycles. The molecule has 0 saturated heterocycles. The summed E-state index contributed by atoms with van der Waals surface area (Å²) in [6.45, 7) is 0. The maximum absolute atomic E-state index is 9.32. The smallest absolute Gasteiger partial charge is 0.314 e. The quantitative estimate of drug-likeness (QED) is 0.456.